The van der Waals surface area contributed by atoms with Gasteiger partial charge in [-0.1, -0.05) is 80.9 Å². The van der Waals surface area contributed by atoms with E-state index in [0.29, 0.717) is 0 Å². The molecule has 0 saturated carbocycles. The van der Waals surface area contributed by atoms with Crippen molar-refractivity contribution >= 4 is 11.4 Å². The van der Waals surface area contributed by atoms with Gasteiger partial charge in [-0.25, -0.2) is 0 Å². The molecule has 0 saturated heterocycles. The van der Waals surface area contributed by atoms with Crippen LogP contribution in [0.5, 0.6) is 0 Å². The van der Waals surface area contributed by atoms with Gasteiger partial charge in [0.1, 0.15) is 0 Å². The summed E-state index contributed by atoms with van der Waals surface area (Å²) in [6, 6.07) is 21.2. The lowest BCUT2D eigenvalue weighted by Gasteiger charge is -2.33. The monoisotopic (exact) mass is 318 g/mol. The van der Waals surface area contributed by atoms with Gasteiger partial charge >= 0.3 is 0 Å². The highest BCUT2D eigenvalue weighted by Gasteiger charge is 2.32. The number of nitrogens with zero attached hydrogens (tertiary/aromatic N) is 1. The maximum atomic E-state index is 4.77. The second-order valence-corrected chi connectivity index (χ2v) is 6.78. The first-order valence-corrected chi connectivity index (χ1v) is 8.86. The summed E-state index contributed by atoms with van der Waals surface area (Å²) >= 11 is 0. The molecule has 2 aromatic rings. The smallest absolute Gasteiger partial charge is 0.0603 e. The minimum absolute atomic E-state index is 0.0487. The van der Waals surface area contributed by atoms with Crippen LogP contribution < -0.4 is 5.43 Å². The molecule has 2 aromatic carbocycles. The van der Waals surface area contributed by atoms with E-state index in [1.807, 2.05) is 6.07 Å². The average molecular weight is 318 g/mol. The van der Waals surface area contributed by atoms with Crippen LogP contribution >= 0.6 is 0 Å². The summed E-state index contributed by atoms with van der Waals surface area (Å²) in [4.78, 5) is 0. The van der Waals surface area contributed by atoms with E-state index >= 15 is 0 Å². The van der Waals surface area contributed by atoms with Crippen LogP contribution in [0.4, 0.5) is 0 Å². The number of hydrazone groups is 1. The summed E-state index contributed by atoms with van der Waals surface area (Å²) in [6.07, 6.45) is 6.77. The second-order valence-electron chi connectivity index (χ2n) is 6.78. The molecule has 1 N–H and O–H groups in total. The molecule has 24 heavy (non-hydrogen) atoms. The van der Waals surface area contributed by atoms with Gasteiger partial charge in [-0.15, -0.1) is 0 Å². The van der Waals surface area contributed by atoms with Crippen LogP contribution in [0, 0.1) is 5.41 Å². The van der Waals surface area contributed by atoms with E-state index in [4.69, 9.17) is 5.10 Å². The number of hydrogen-bond acceptors (Lipinski definition) is 2. The van der Waals surface area contributed by atoms with Crippen molar-refractivity contribution < 1.29 is 0 Å². The van der Waals surface area contributed by atoms with Crippen molar-refractivity contribution in [2.45, 2.75) is 39.5 Å². The van der Waals surface area contributed by atoms with Crippen molar-refractivity contribution in [3.8, 4) is 0 Å². The first-order valence-electron chi connectivity index (χ1n) is 8.86. The van der Waals surface area contributed by atoms with Crippen molar-refractivity contribution in [2.75, 3.05) is 0 Å². The van der Waals surface area contributed by atoms with E-state index in [1.54, 1.807) is 0 Å². The maximum Gasteiger partial charge on any atom is 0.0603 e. The fraction of sp³-hybridized carbons (Fsp3) is 0.318. The number of nitrogens with one attached hydrogen (secondary N) is 1. The molecule has 1 aliphatic rings. The van der Waals surface area contributed by atoms with Crippen LogP contribution in [-0.4, -0.2) is 5.71 Å². The summed E-state index contributed by atoms with van der Waals surface area (Å²) in [5.74, 6) is 0. The van der Waals surface area contributed by atoms with Gasteiger partial charge in [0.25, 0.3) is 0 Å². The Morgan fingerprint density at radius 3 is 2.29 bits per heavy atom. The van der Waals surface area contributed by atoms with Gasteiger partial charge in [0.2, 0.25) is 0 Å². The molecule has 0 aliphatic carbocycles. The first-order chi connectivity index (χ1) is 11.7. The molecule has 0 bridgehead atoms. The van der Waals surface area contributed by atoms with E-state index in [2.05, 4.69) is 79.9 Å². The van der Waals surface area contributed by atoms with E-state index in [9.17, 15) is 0 Å². The van der Waals surface area contributed by atoms with E-state index < -0.39 is 0 Å². The van der Waals surface area contributed by atoms with Crippen molar-refractivity contribution in [2.24, 2.45) is 10.5 Å². The van der Waals surface area contributed by atoms with Gasteiger partial charge in [0.05, 0.1) is 5.70 Å². The summed E-state index contributed by atoms with van der Waals surface area (Å²) in [6.45, 7) is 4.55. The summed E-state index contributed by atoms with van der Waals surface area (Å²) in [5.41, 5.74) is 8.15. The van der Waals surface area contributed by atoms with Gasteiger partial charge in [-0.2, -0.15) is 5.10 Å². The third-order valence-corrected chi connectivity index (χ3v) is 4.70. The molecule has 0 aromatic heterocycles. The van der Waals surface area contributed by atoms with Crippen LogP contribution in [0.15, 0.2) is 71.8 Å². The van der Waals surface area contributed by atoms with E-state index in [1.165, 1.54) is 29.7 Å². The molecule has 1 heterocycles. The fourth-order valence-electron chi connectivity index (χ4n) is 3.31. The lowest BCUT2D eigenvalue weighted by Crippen LogP contribution is -2.34. The van der Waals surface area contributed by atoms with Gasteiger partial charge in [0, 0.05) is 11.1 Å². The van der Waals surface area contributed by atoms with Crippen molar-refractivity contribution in [3.05, 3.63) is 77.9 Å². The summed E-state index contributed by atoms with van der Waals surface area (Å²) < 4.78 is 0. The van der Waals surface area contributed by atoms with E-state index in [0.717, 1.165) is 18.5 Å². The highest BCUT2D eigenvalue weighted by molar-refractivity contribution is 5.95. The zero-order chi connectivity index (χ0) is 16.8. The Hall–Kier alpha value is -2.35. The molecule has 1 aliphatic heterocycles. The quantitative estimate of drug-likeness (QED) is 0.755. The molecule has 2 heteroatoms. The first kappa shape index (κ1) is 16.5. The van der Waals surface area contributed by atoms with Crippen LogP contribution in [0.2, 0.25) is 0 Å². The van der Waals surface area contributed by atoms with Gasteiger partial charge in [-0.3, -0.25) is 5.43 Å². The molecule has 0 spiro atoms. The Bertz CT molecular complexity index is 716. The number of benzene rings is 2. The zero-order valence-electron chi connectivity index (χ0n) is 14.6. The highest BCUT2D eigenvalue weighted by atomic mass is 15.3. The third kappa shape index (κ3) is 3.76. The molecule has 1 atom stereocenters. The molecule has 124 valence electrons. The standard InChI is InChI=1S/C22H26N2/c1-3-4-15-21-22(2,16-18-11-7-5-8-12-18)17-20(23-24-21)19-13-9-6-10-14-19/h5-14,17,23H,3-4,15-16H2,1-2H3/t22-/m0/s1. The van der Waals surface area contributed by atoms with Crippen LogP contribution in [0.25, 0.3) is 5.70 Å². The van der Waals surface area contributed by atoms with Gasteiger partial charge < -0.3 is 0 Å². The Morgan fingerprint density at radius 2 is 1.62 bits per heavy atom. The molecule has 2 nitrogen and oxygen atoms in total. The Balaban J connectivity index is 1.92. The fourth-order valence-corrected chi connectivity index (χ4v) is 3.31. The van der Waals surface area contributed by atoms with Crippen LogP contribution in [0.3, 0.4) is 0 Å². The summed E-state index contributed by atoms with van der Waals surface area (Å²) in [7, 11) is 0. The Labute approximate surface area is 145 Å². The highest BCUT2D eigenvalue weighted by Crippen LogP contribution is 2.34. The van der Waals surface area contributed by atoms with Crippen molar-refractivity contribution in [1.82, 2.24) is 5.43 Å². The van der Waals surface area contributed by atoms with Crippen molar-refractivity contribution in [3.63, 3.8) is 0 Å². The SMILES string of the molecule is CCCCC1=NNC(c2ccccc2)=C[C@]1(C)Cc1ccccc1. The molecular weight excluding hydrogens is 292 g/mol. The molecule has 3 rings (SSSR count). The minimum Gasteiger partial charge on any atom is -0.278 e. The minimum atomic E-state index is -0.0487. The zero-order valence-corrected chi connectivity index (χ0v) is 14.6. The summed E-state index contributed by atoms with van der Waals surface area (Å²) in [5, 5.41) is 4.77. The largest absolute Gasteiger partial charge is 0.278 e. The third-order valence-electron chi connectivity index (χ3n) is 4.70. The van der Waals surface area contributed by atoms with Gasteiger partial charge in [-0.05, 0) is 36.5 Å². The maximum absolute atomic E-state index is 4.77. The molecule has 0 radical (unpaired) electrons. The number of hydrogen-bond donors (Lipinski definition) is 1. The molecule has 0 amide bonds. The lowest BCUT2D eigenvalue weighted by molar-refractivity contribution is 0.556. The van der Waals surface area contributed by atoms with Crippen LogP contribution in [0.1, 0.15) is 44.2 Å². The second kappa shape index (κ2) is 7.48. The van der Waals surface area contributed by atoms with E-state index in [-0.39, 0.29) is 5.41 Å². The number of rotatable bonds is 6. The number of unbranched alkanes of at least 4 members (excludes halogenated alkanes) is 1. The Morgan fingerprint density at radius 1 is 0.958 bits per heavy atom. The molecular formula is C22H26N2. The molecule has 0 unspecified atom stereocenters. The van der Waals surface area contributed by atoms with Gasteiger partial charge in [0.15, 0.2) is 0 Å². The van der Waals surface area contributed by atoms with Crippen molar-refractivity contribution in [1.29, 1.82) is 0 Å². The normalized spacial score (nSPS) is 20.1. The van der Waals surface area contributed by atoms with Crippen LogP contribution in [-0.2, 0) is 6.42 Å². The topological polar surface area (TPSA) is 24.4 Å². The predicted octanol–water partition coefficient (Wildman–Crippen LogP) is 5.43. The average Bonchev–Trinajstić information content (AvgIpc) is 2.62. The Kier molecular flexibility index (Phi) is 5.14. The lowest BCUT2D eigenvalue weighted by atomic mass is 9.75. The number of allylic oxidation sites excluding steroid dienone is 1. The molecule has 0 fully saturated rings. The predicted molar refractivity (Wildman–Crippen MR) is 103 cm³/mol.